The molecule has 90 valence electrons. The number of aromatic nitrogens is 4. The van der Waals surface area contributed by atoms with Crippen LogP contribution in [0, 0.1) is 6.92 Å². The highest BCUT2D eigenvalue weighted by Crippen LogP contribution is 2.31. The van der Waals surface area contributed by atoms with E-state index in [1.54, 1.807) is 12.4 Å². The Bertz CT molecular complexity index is 656. The first-order valence-corrected chi connectivity index (χ1v) is 5.99. The van der Waals surface area contributed by atoms with E-state index in [1.807, 2.05) is 19.1 Å². The normalized spacial score (nSPS) is 10.7. The van der Waals surface area contributed by atoms with E-state index in [9.17, 15) is 0 Å². The number of nitrogen functional groups attached to an aromatic ring is 1. The predicted molar refractivity (Wildman–Crippen MR) is 67.8 cm³/mol. The van der Waals surface area contributed by atoms with Gasteiger partial charge in [0.15, 0.2) is 0 Å². The number of pyridine rings is 1. The van der Waals surface area contributed by atoms with Crippen LogP contribution >= 0.6 is 11.5 Å². The highest BCUT2D eigenvalue weighted by atomic mass is 32.1. The lowest BCUT2D eigenvalue weighted by Crippen LogP contribution is -1.86. The monoisotopic (exact) mass is 259 g/mol. The van der Waals surface area contributed by atoms with Crippen molar-refractivity contribution in [1.29, 1.82) is 0 Å². The average molecular weight is 259 g/mol. The van der Waals surface area contributed by atoms with Crippen LogP contribution in [0.5, 0.6) is 0 Å². The maximum Gasteiger partial charge on any atom is 0.263 e. The van der Waals surface area contributed by atoms with E-state index in [1.165, 1.54) is 11.5 Å². The van der Waals surface area contributed by atoms with Crippen molar-refractivity contribution in [2.75, 3.05) is 5.73 Å². The minimum absolute atomic E-state index is 0.394. The van der Waals surface area contributed by atoms with Crippen molar-refractivity contribution in [3.05, 3.63) is 30.2 Å². The van der Waals surface area contributed by atoms with E-state index in [0.29, 0.717) is 22.3 Å². The second kappa shape index (κ2) is 4.19. The molecule has 0 saturated carbocycles. The summed E-state index contributed by atoms with van der Waals surface area (Å²) in [6.45, 7) is 1.86. The Morgan fingerprint density at radius 2 is 2.06 bits per heavy atom. The lowest BCUT2D eigenvalue weighted by molar-refractivity contribution is 0.432. The zero-order valence-corrected chi connectivity index (χ0v) is 10.3. The van der Waals surface area contributed by atoms with Crippen molar-refractivity contribution in [1.82, 2.24) is 19.5 Å². The van der Waals surface area contributed by atoms with E-state index in [-0.39, 0.29) is 0 Å². The molecule has 3 heterocycles. The van der Waals surface area contributed by atoms with Gasteiger partial charge in [0.2, 0.25) is 5.82 Å². The summed E-state index contributed by atoms with van der Waals surface area (Å²) >= 11 is 1.22. The average Bonchev–Trinajstić information content (AvgIpc) is 2.98. The van der Waals surface area contributed by atoms with E-state index in [2.05, 4.69) is 19.5 Å². The Labute approximate surface area is 107 Å². The molecule has 0 aliphatic heterocycles. The molecular formula is C11H9N5OS. The fourth-order valence-corrected chi connectivity index (χ4v) is 2.24. The molecule has 0 radical (unpaired) electrons. The second-order valence-corrected chi connectivity index (χ2v) is 4.47. The fourth-order valence-electron chi connectivity index (χ4n) is 1.59. The minimum Gasteiger partial charge on any atom is -0.389 e. The number of rotatable bonds is 2. The third-order valence-electron chi connectivity index (χ3n) is 2.47. The fraction of sp³-hybridized carbons (Fsp3) is 0.0909. The first-order valence-electron chi connectivity index (χ1n) is 5.22. The van der Waals surface area contributed by atoms with Crippen molar-refractivity contribution >= 4 is 16.5 Å². The number of anilines is 1. The van der Waals surface area contributed by atoms with Crippen LogP contribution in [0.1, 0.15) is 5.69 Å². The summed E-state index contributed by atoms with van der Waals surface area (Å²) in [6.07, 6.45) is 3.36. The van der Waals surface area contributed by atoms with Crippen molar-refractivity contribution in [2.24, 2.45) is 0 Å². The molecule has 0 unspecified atom stereocenters. The summed E-state index contributed by atoms with van der Waals surface area (Å²) in [5.41, 5.74) is 8.20. The van der Waals surface area contributed by atoms with Gasteiger partial charge in [0.25, 0.3) is 5.89 Å². The number of aryl methyl sites for hydroxylation is 1. The molecule has 18 heavy (non-hydrogen) atoms. The maximum absolute atomic E-state index is 5.84. The summed E-state index contributed by atoms with van der Waals surface area (Å²) in [5, 5.41) is 4.51. The van der Waals surface area contributed by atoms with E-state index < -0.39 is 0 Å². The van der Waals surface area contributed by atoms with Gasteiger partial charge in [0.1, 0.15) is 5.00 Å². The lowest BCUT2D eigenvalue weighted by Gasteiger charge is -1.92. The van der Waals surface area contributed by atoms with Crippen molar-refractivity contribution in [3.8, 4) is 22.8 Å². The van der Waals surface area contributed by atoms with Crippen LogP contribution < -0.4 is 5.73 Å². The highest BCUT2D eigenvalue weighted by Gasteiger charge is 2.17. The Morgan fingerprint density at radius 3 is 2.72 bits per heavy atom. The summed E-state index contributed by atoms with van der Waals surface area (Å²) in [7, 11) is 0. The SMILES string of the molecule is Cc1nsc(N)c1-c1nc(-c2ccncc2)no1. The highest BCUT2D eigenvalue weighted by molar-refractivity contribution is 7.10. The number of nitrogens with two attached hydrogens (primary N) is 1. The van der Waals surface area contributed by atoms with Gasteiger partial charge in [-0.3, -0.25) is 4.98 Å². The molecule has 3 rings (SSSR count). The van der Waals surface area contributed by atoms with Gasteiger partial charge in [-0.1, -0.05) is 5.16 Å². The first-order chi connectivity index (χ1) is 8.75. The van der Waals surface area contributed by atoms with Gasteiger partial charge < -0.3 is 10.3 Å². The molecule has 3 aromatic rings. The first kappa shape index (κ1) is 10.8. The van der Waals surface area contributed by atoms with Crippen LogP contribution in [0.4, 0.5) is 5.00 Å². The summed E-state index contributed by atoms with van der Waals surface area (Å²) in [4.78, 5) is 8.27. The number of hydrogen-bond donors (Lipinski definition) is 1. The Balaban J connectivity index is 2.05. The standard InChI is InChI=1S/C11H9N5OS/c1-6-8(9(12)18-16-6)11-14-10(15-17-11)7-2-4-13-5-3-7/h2-5H,12H2,1H3. The van der Waals surface area contributed by atoms with E-state index in [0.717, 1.165) is 11.3 Å². The molecule has 7 heteroatoms. The molecule has 2 N–H and O–H groups in total. The molecule has 0 aromatic carbocycles. The predicted octanol–water partition coefficient (Wildman–Crippen LogP) is 2.15. The largest absolute Gasteiger partial charge is 0.389 e. The Kier molecular flexibility index (Phi) is 2.52. The summed E-state index contributed by atoms with van der Waals surface area (Å²) < 4.78 is 9.38. The minimum atomic E-state index is 0.394. The number of nitrogens with zero attached hydrogens (tertiary/aromatic N) is 4. The van der Waals surface area contributed by atoms with Crippen LogP contribution in [0.3, 0.4) is 0 Å². The van der Waals surface area contributed by atoms with Crippen LogP contribution in [0.25, 0.3) is 22.8 Å². The summed E-state index contributed by atoms with van der Waals surface area (Å²) in [6, 6.07) is 3.63. The smallest absolute Gasteiger partial charge is 0.263 e. The number of hydrogen-bond acceptors (Lipinski definition) is 7. The van der Waals surface area contributed by atoms with Crippen LogP contribution in [0.15, 0.2) is 29.0 Å². The van der Waals surface area contributed by atoms with E-state index >= 15 is 0 Å². The third-order valence-corrected chi connectivity index (χ3v) is 3.23. The molecular weight excluding hydrogens is 250 g/mol. The molecule has 0 spiro atoms. The molecule has 0 aliphatic rings. The lowest BCUT2D eigenvalue weighted by atomic mass is 10.2. The molecule has 0 saturated heterocycles. The molecule has 0 fully saturated rings. The van der Waals surface area contributed by atoms with Gasteiger partial charge in [-0.2, -0.15) is 9.36 Å². The Hall–Kier alpha value is -2.28. The van der Waals surface area contributed by atoms with Crippen LogP contribution in [-0.2, 0) is 0 Å². The van der Waals surface area contributed by atoms with E-state index in [4.69, 9.17) is 10.3 Å². The van der Waals surface area contributed by atoms with Gasteiger partial charge in [0, 0.05) is 18.0 Å². The summed E-state index contributed by atoms with van der Waals surface area (Å²) in [5.74, 6) is 0.906. The zero-order chi connectivity index (χ0) is 12.5. The molecule has 0 bridgehead atoms. The van der Waals surface area contributed by atoms with Crippen molar-refractivity contribution in [2.45, 2.75) is 6.92 Å². The zero-order valence-electron chi connectivity index (χ0n) is 9.49. The second-order valence-electron chi connectivity index (χ2n) is 3.67. The molecule has 6 nitrogen and oxygen atoms in total. The maximum atomic E-state index is 5.84. The molecule has 3 aromatic heterocycles. The third kappa shape index (κ3) is 1.74. The van der Waals surface area contributed by atoms with Gasteiger partial charge >= 0.3 is 0 Å². The molecule has 0 atom stereocenters. The van der Waals surface area contributed by atoms with Crippen LogP contribution in [-0.4, -0.2) is 19.5 Å². The van der Waals surface area contributed by atoms with Crippen LogP contribution in [0.2, 0.25) is 0 Å². The van der Waals surface area contributed by atoms with Gasteiger partial charge in [-0.05, 0) is 30.6 Å². The quantitative estimate of drug-likeness (QED) is 0.758. The van der Waals surface area contributed by atoms with Crippen molar-refractivity contribution in [3.63, 3.8) is 0 Å². The van der Waals surface area contributed by atoms with Gasteiger partial charge in [-0.15, -0.1) is 0 Å². The molecule has 0 aliphatic carbocycles. The molecule has 0 amide bonds. The van der Waals surface area contributed by atoms with Gasteiger partial charge in [0.05, 0.1) is 11.3 Å². The topological polar surface area (TPSA) is 90.7 Å². The van der Waals surface area contributed by atoms with Gasteiger partial charge in [-0.25, -0.2) is 0 Å². The Morgan fingerprint density at radius 1 is 1.28 bits per heavy atom. The van der Waals surface area contributed by atoms with Crippen molar-refractivity contribution < 1.29 is 4.52 Å².